The minimum atomic E-state index is 0.0408. The average Bonchev–Trinajstić information content (AvgIpc) is 2.99. The fourth-order valence-corrected chi connectivity index (χ4v) is 3.86. The van der Waals surface area contributed by atoms with E-state index < -0.39 is 0 Å². The largest absolute Gasteiger partial charge is 0.378 e. The van der Waals surface area contributed by atoms with Crippen LogP contribution in [-0.4, -0.2) is 43.1 Å². The summed E-state index contributed by atoms with van der Waals surface area (Å²) in [5.41, 5.74) is 4.29. The smallest absolute Gasteiger partial charge is 0.230 e. The van der Waals surface area contributed by atoms with Gasteiger partial charge in [0.1, 0.15) is 5.76 Å². The molecule has 1 N–H and O–H groups in total. The molecule has 1 fully saturated rings. The molecule has 0 radical (unpaired) electrons. The maximum Gasteiger partial charge on any atom is 0.230 e. The Morgan fingerprint density at radius 2 is 1.96 bits per heavy atom. The quantitative estimate of drug-likeness (QED) is 0.803. The molecule has 3 rings (SSSR count). The Labute approximate surface area is 158 Å². The highest BCUT2D eigenvalue weighted by molar-refractivity contribution is 7.99. The molecule has 0 atom stereocenters. The summed E-state index contributed by atoms with van der Waals surface area (Å²) in [4.78, 5) is 14.4. The summed E-state index contributed by atoms with van der Waals surface area (Å²) in [5, 5.41) is 6.91. The molecule has 26 heavy (non-hydrogen) atoms. The molecule has 7 heteroatoms. The van der Waals surface area contributed by atoms with E-state index in [0.29, 0.717) is 12.3 Å². The zero-order valence-electron chi connectivity index (χ0n) is 15.3. The van der Waals surface area contributed by atoms with Gasteiger partial charge in [-0.3, -0.25) is 4.79 Å². The molecule has 2 aromatic rings. The van der Waals surface area contributed by atoms with Gasteiger partial charge in [-0.05, 0) is 31.5 Å². The average molecular weight is 375 g/mol. The highest BCUT2D eigenvalue weighted by Crippen LogP contribution is 2.19. The van der Waals surface area contributed by atoms with Crippen molar-refractivity contribution in [2.45, 2.75) is 26.1 Å². The van der Waals surface area contributed by atoms with Gasteiger partial charge in [0, 0.05) is 36.6 Å². The molecular formula is C19H25N3O3S. The second kappa shape index (κ2) is 9.09. The lowest BCUT2D eigenvalue weighted by Gasteiger charge is -2.28. The number of aromatic nitrogens is 1. The van der Waals surface area contributed by atoms with Gasteiger partial charge >= 0.3 is 0 Å². The van der Waals surface area contributed by atoms with Crippen molar-refractivity contribution in [1.82, 2.24) is 10.5 Å². The van der Waals surface area contributed by atoms with Crippen LogP contribution >= 0.6 is 11.8 Å². The number of nitrogens with zero attached hydrogens (tertiary/aromatic N) is 2. The van der Waals surface area contributed by atoms with Crippen LogP contribution in [0.3, 0.4) is 0 Å². The monoisotopic (exact) mass is 375 g/mol. The van der Waals surface area contributed by atoms with E-state index in [-0.39, 0.29) is 5.91 Å². The first kappa shape index (κ1) is 18.8. The number of anilines is 1. The van der Waals surface area contributed by atoms with Gasteiger partial charge < -0.3 is 19.5 Å². The number of rotatable bonds is 7. The van der Waals surface area contributed by atoms with Crippen molar-refractivity contribution in [2.24, 2.45) is 0 Å². The number of hydrogen-bond donors (Lipinski definition) is 1. The fourth-order valence-electron chi connectivity index (χ4n) is 2.85. The molecule has 140 valence electrons. The molecule has 6 nitrogen and oxygen atoms in total. The van der Waals surface area contributed by atoms with E-state index in [1.54, 1.807) is 11.8 Å². The van der Waals surface area contributed by atoms with E-state index in [0.717, 1.165) is 54.6 Å². The number of amides is 1. The minimum absolute atomic E-state index is 0.0408. The number of morpholine rings is 1. The van der Waals surface area contributed by atoms with Crippen molar-refractivity contribution in [3.05, 3.63) is 46.8 Å². The van der Waals surface area contributed by atoms with Crippen LogP contribution in [0.15, 0.2) is 28.8 Å². The van der Waals surface area contributed by atoms with Crippen LogP contribution in [0.5, 0.6) is 0 Å². The van der Waals surface area contributed by atoms with Gasteiger partial charge in [-0.15, -0.1) is 11.8 Å². The van der Waals surface area contributed by atoms with E-state index >= 15 is 0 Å². The van der Waals surface area contributed by atoms with Gasteiger partial charge in [-0.1, -0.05) is 17.3 Å². The first-order valence-corrected chi connectivity index (χ1v) is 9.97. The Morgan fingerprint density at radius 1 is 1.23 bits per heavy atom. The molecule has 0 saturated carbocycles. The van der Waals surface area contributed by atoms with Crippen molar-refractivity contribution in [2.75, 3.05) is 37.0 Å². The van der Waals surface area contributed by atoms with Crippen molar-refractivity contribution in [3.63, 3.8) is 0 Å². The van der Waals surface area contributed by atoms with Crippen LogP contribution in [0, 0.1) is 13.8 Å². The van der Waals surface area contributed by atoms with E-state index in [2.05, 4.69) is 39.6 Å². The number of benzene rings is 1. The zero-order valence-corrected chi connectivity index (χ0v) is 16.1. The summed E-state index contributed by atoms with van der Waals surface area (Å²) in [6.45, 7) is 7.79. The van der Waals surface area contributed by atoms with Crippen LogP contribution in [0.2, 0.25) is 0 Å². The fraction of sp³-hybridized carbons (Fsp3) is 0.474. The van der Waals surface area contributed by atoms with Crippen molar-refractivity contribution < 1.29 is 14.1 Å². The number of nitrogens with one attached hydrogen (secondary N) is 1. The Morgan fingerprint density at radius 3 is 2.62 bits per heavy atom. The summed E-state index contributed by atoms with van der Waals surface area (Å²) in [6, 6.07) is 8.36. The molecule has 0 spiro atoms. The second-order valence-corrected chi connectivity index (χ2v) is 7.32. The number of carbonyl (C=O) groups excluding carboxylic acids is 1. The first-order valence-electron chi connectivity index (χ1n) is 8.81. The molecule has 1 saturated heterocycles. The summed E-state index contributed by atoms with van der Waals surface area (Å²) < 4.78 is 10.5. The van der Waals surface area contributed by atoms with Crippen molar-refractivity contribution in [3.8, 4) is 0 Å². The summed E-state index contributed by atoms with van der Waals surface area (Å²) in [5.74, 6) is 2.04. The molecule has 1 aliphatic rings. The van der Waals surface area contributed by atoms with Crippen LogP contribution in [0.1, 0.15) is 22.6 Å². The third-order valence-corrected chi connectivity index (χ3v) is 5.42. The lowest BCUT2D eigenvalue weighted by atomic mass is 10.2. The molecule has 1 amide bonds. The van der Waals surface area contributed by atoms with Gasteiger partial charge in [0.15, 0.2) is 0 Å². The van der Waals surface area contributed by atoms with Gasteiger partial charge in [-0.25, -0.2) is 0 Å². The Balaban J connectivity index is 1.40. The Hall–Kier alpha value is -1.99. The Kier molecular flexibility index (Phi) is 6.57. The van der Waals surface area contributed by atoms with Crippen LogP contribution in [0.4, 0.5) is 5.69 Å². The third-order valence-electron chi connectivity index (χ3n) is 4.46. The van der Waals surface area contributed by atoms with Crippen molar-refractivity contribution >= 4 is 23.4 Å². The predicted octanol–water partition coefficient (Wildman–Crippen LogP) is 2.68. The summed E-state index contributed by atoms with van der Waals surface area (Å²) >= 11 is 1.57. The maximum absolute atomic E-state index is 12.0. The molecule has 1 aromatic heterocycles. The standard InChI is InChI=1S/C19H25N3O3S/c1-14-18(15(2)25-21-14)12-26-13-19(23)20-11-16-3-5-17(6-4-16)22-7-9-24-10-8-22/h3-6H,7-13H2,1-2H3,(H,20,23). The van der Waals surface area contributed by atoms with Crippen LogP contribution in [-0.2, 0) is 21.8 Å². The topological polar surface area (TPSA) is 67.6 Å². The maximum atomic E-state index is 12.0. The molecule has 0 bridgehead atoms. The lowest BCUT2D eigenvalue weighted by molar-refractivity contribution is -0.118. The van der Waals surface area contributed by atoms with Crippen molar-refractivity contribution in [1.29, 1.82) is 0 Å². The van der Waals surface area contributed by atoms with Gasteiger partial charge in [-0.2, -0.15) is 0 Å². The molecule has 2 heterocycles. The molecule has 0 unspecified atom stereocenters. The zero-order chi connectivity index (χ0) is 18.4. The van der Waals surface area contributed by atoms with E-state index in [1.165, 1.54) is 5.69 Å². The number of ether oxygens (including phenoxy) is 1. The number of hydrogen-bond acceptors (Lipinski definition) is 6. The minimum Gasteiger partial charge on any atom is -0.378 e. The highest BCUT2D eigenvalue weighted by atomic mass is 32.2. The van der Waals surface area contributed by atoms with E-state index in [4.69, 9.17) is 9.26 Å². The van der Waals surface area contributed by atoms with Gasteiger partial charge in [0.25, 0.3) is 0 Å². The number of aryl methyl sites for hydroxylation is 2. The van der Waals surface area contributed by atoms with Gasteiger partial charge in [0.2, 0.25) is 5.91 Å². The normalized spacial score (nSPS) is 14.5. The first-order chi connectivity index (χ1) is 12.6. The highest BCUT2D eigenvalue weighted by Gasteiger charge is 2.12. The summed E-state index contributed by atoms with van der Waals surface area (Å²) in [6.07, 6.45) is 0. The van der Waals surface area contributed by atoms with Gasteiger partial charge in [0.05, 0.1) is 24.7 Å². The second-order valence-electron chi connectivity index (χ2n) is 6.34. The number of thioether (sulfide) groups is 1. The van der Waals surface area contributed by atoms with Crippen LogP contribution in [0.25, 0.3) is 0 Å². The summed E-state index contributed by atoms with van der Waals surface area (Å²) in [7, 11) is 0. The third kappa shape index (κ3) is 5.02. The molecular weight excluding hydrogens is 350 g/mol. The van der Waals surface area contributed by atoms with E-state index in [1.807, 2.05) is 13.8 Å². The molecule has 1 aromatic carbocycles. The number of carbonyl (C=O) groups is 1. The predicted molar refractivity (Wildman–Crippen MR) is 103 cm³/mol. The molecule has 1 aliphatic heterocycles. The van der Waals surface area contributed by atoms with Crippen LogP contribution < -0.4 is 10.2 Å². The lowest BCUT2D eigenvalue weighted by Crippen LogP contribution is -2.36. The molecule has 0 aliphatic carbocycles. The SMILES string of the molecule is Cc1noc(C)c1CSCC(=O)NCc1ccc(N2CCOCC2)cc1. The Bertz CT molecular complexity index is 705. The van der Waals surface area contributed by atoms with E-state index in [9.17, 15) is 4.79 Å².